The molecule has 2 aliphatic carbocycles. The average molecular weight is 442 g/mol. The molecule has 2 saturated carbocycles. The van der Waals surface area contributed by atoms with Gasteiger partial charge >= 0.3 is 6.18 Å². The van der Waals surface area contributed by atoms with Gasteiger partial charge < -0.3 is 5.11 Å². The van der Waals surface area contributed by atoms with Crippen molar-refractivity contribution in [1.82, 2.24) is 19.2 Å². The Balaban J connectivity index is 1.56. The number of thiazole rings is 1. The molecule has 2 atom stereocenters. The Bertz CT molecular complexity index is 1210. The molecule has 1 N–H and O–H groups in total. The van der Waals surface area contributed by atoms with Crippen molar-refractivity contribution < 1.29 is 22.7 Å². The molecule has 3 heterocycles. The van der Waals surface area contributed by atoms with Crippen molar-refractivity contribution in [2.75, 3.05) is 6.61 Å². The molecule has 6 nitrogen and oxygen atoms in total. The number of alkyl halides is 3. The second-order valence-corrected chi connectivity index (χ2v) is 9.19. The zero-order valence-electron chi connectivity index (χ0n) is 15.9. The molecule has 2 fully saturated rings. The molecule has 0 spiro atoms. The normalized spacial score (nSPS) is 21.5. The minimum Gasteiger partial charge on any atom is -0.396 e. The Hall–Kier alpha value is -2.27. The molecule has 0 bridgehead atoms. The molecule has 5 rings (SSSR count). The topological polar surface area (TPSA) is 72.4 Å². The standard InChI is InChI=1S/C19H18F4N4O2S/c1-8-16(12-4-10(12)7-28)27-13(29)5-11(24-18(27)30-8)6-26-17(19(21,22)23)14(20)15(25-26)9-2-3-9/h5,9-10,12,28H,2-4,6-7H2,1H3/t10-,12+/m0/s1. The second-order valence-electron chi connectivity index (χ2n) is 8.01. The van der Waals surface area contributed by atoms with Crippen molar-refractivity contribution in [2.24, 2.45) is 5.92 Å². The predicted molar refractivity (Wildman–Crippen MR) is 100 cm³/mol. The molecule has 0 aliphatic heterocycles. The van der Waals surface area contributed by atoms with Crippen molar-refractivity contribution in [3.8, 4) is 0 Å². The highest BCUT2D eigenvalue weighted by Crippen LogP contribution is 2.49. The van der Waals surface area contributed by atoms with E-state index in [2.05, 4.69) is 10.1 Å². The molecule has 0 radical (unpaired) electrons. The summed E-state index contributed by atoms with van der Waals surface area (Å²) in [7, 11) is 0. The maximum atomic E-state index is 14.4. The van der Waals surface area contributed by atoms with E-state index in [0.717, 1.165) is 17.0 Å². The van der Waals surface area contributed by atoms with Crippen LogP contribution in [0, 0.1) is 18.7 Å². The van der Waals surface area contributed by atoms with Gasteiger partial charge in [-0.25, -0.2) is 9.37 Å². The van der Waals surface area contributed by atoms with E-state index in [9.17, 15) is 27.5 Å². The number of aliphatic hydroxyl groups is 1. The highest BCUT2D eigenvalue weighted by Gasteiger charge is 2.44. The second kappa shape index (κ2) is 6.61. The third kappa shape index (κ3) is 3.15. The summed E-state index contributed by atoms with van der Waals surface area (Å²) in [5, 5.41) is 13.2. The predicted octanol–water partition coefficient (Wildman–Crippen LogP) is 3.44. The van der Waals surface area contributed by atoms with Crippen LogP contribution in [0.4, 0.5) is 17.6 Å². The largest absolute Gasteiger partial charge is 0.435 e. The van der Waals surface area contributed by atoms with Crippen LogP contribution in [0.1, 0.15) is 58.8 Å². The molecular weight excluding hydrogens is 424 g/mol. The summed E-state index contributed by atoms with van der Waals surface area (Å²) < 4.78 is 56.8. The quantitative estimate of drug-likeness (QED) is 0.615. The first-order valence-corrected chi connectivity index (χ1v) is 10.5. The Morgan fingerprint density at radius 1 is 1.33 bits per heavy atom. The summed E-state index contributed by atoms with van der Waals surface area (Å²) in [6.45, 7) is 1.45. The van der Waals surface area contributed by atoms with E-state index in [1.54, 1.807) is 0 Å². The van der Waals surface area contributed by atoms with E-state index in [1.165, 1.54) is 21.8 Å². The lowest BCUT2D eigenvalue weighted by molar-refractivity contribution is -0.146. The molecule has 160 valence electrons. The molecule has 0 amide bonds. The van der Waals surface area contributed by atoms with Crippen LogP contribution < -0.4 is 5.56 Å². The number of nitrogens with zero attached hydrogens (tertiary/aromatic N) is 4. The van der Waals surface area contributed by atoms with Crippen molar-refractivity contribution in [1.29, 1.82) is 0 Å². The molecule has 0 aromatic carbocycles. The van der Waals surface area contributed by atoms with Gasteiger partial charge in [0.25, 0.3) is 5.56 Å². The van der Waals surface area contributed by atoms with Crippen LogP contribution in [-0.2, 0) is 12.7 Å². The molecular formula is C19H18F4N4O2S. The van der Waals surface area contributed by atoms with E-state index >= 15 is 0 Å². The molecule has 3 aromatic heterocycles. The Labute approximate surface area is 171 Å². The van der Waals surface area contributed by atoms with Gasteiger partial charge in [-0.1, -0.05) is 0 Å². The van der Waals surface area contributed by atoms with Gasteiger partial charge in [0.05, 0.1) is 12.2 Å². The summed E-state index contributed by atoms with van der Waals surface area (Å²) in [5.41, 5.74) is -1.11. The number of hydrogen-bond donors (Lipinski definition) is 1. The fourth-order valence-electron chi connectivity index (χ4n) is 4.05. The average Bonchev–Trinajstić information content (AvgIpc) is 3.55. The number of halogens is 4. The monoisotopic (exact) mass is 442 g/mol. The molecule has 11 heteroatoms. The molecule has 2 aliphatic rings. The summed E-state index contributed by atoms with van der Waals surface area (Å²) in [6, 6.07) is 1.18. The van der Waals surface area contributed by atoms with E-state index in [1.807, 2.05) is 6.92 Å². The van der Waals surface area contributed by atoms with Gasteiger partial charge in [0.2, 0.25) is 0 Å². The summed E-state index contributed by atoms with van der Waals surface area (Å²) in [5.74, 6) is -1.43. The number of aliphatic hydroxyl groups excluding tert-OH is 1. The lowest BCUT2D eigenvalue weighted by atomic mass is 10.2. The van der Waals surface area contributed by atoms with Gasteiger partial charge in [0.1, 0.15) is 5.69 Å². The minimum atomic E-state index is -4.90. The number of hydrogen-bond acceptors (Lipinski definition) is 5. The van der Waals surface area contributed by atoms with Crippen LogP contribution >= 0.6 is 11.3 Å². The van der Waals surface area contributed by atoms with E-state index < -0.39 is 29.8 Å². The van der Waals surface area contributed by atoms with Gasteiger partial charge in [0.15, 0.2) is 16.5 Å². The molecule has 0 unspecified atom stereocenters. The first-order chi connectivity index (χ1) is 14.2. The third-order valence-corrected chi connectivity index (χ3v) is 6.73. The number of rotatable bonds is 5. The van der Waals surface area contributed by atoms with E-state index in [0.29, 0.717) is 22.5 Å². The zero-order chi connectivity index (χ0) is 21.4. The number of aryl methyl sites for hydroxylation is 1. The first kappa shape index (κ1) is 19.7. The Morgan fingerprint density at radius 2 is 2.07 bits per heavy atom. The highest BCUT2D eigenvalue weighted by molar-refractivity contribution is 7.17. The maximum absolute atomic E-state index is 14.4. The van der Waals surface area contributed by atoms with Crippen molar-refractivity contribution in [2.45, 2.75) is 50.7 Å². The number of aromatic nitrogens is 4. The van der Waals surface area contributed by atoms with Crippen LogP contribution in [0.2, 0.25) is 0 Å². The SMILES string of the molecule is Cc1sc2nc(Cn3nc(C4CC4)c(F)c3C(F)(F)F)cc(=O)n2c1[C@@H]1C[C@H]1CO. The van der Waals surface area contributed by atoms with E-state index in [4.69, 9.17) is 0 Å². The lowest BCUT2D eigenvalue weighted by Gasteiger charge is -2.10. The fourth-order valence-corrected chi connectivity index (χ4v) is 5.11. The first-order valence-electron chi connectivity index (χ1n) is 9.65. The summed E-state index contributed by atoms with van der Waals surface area (Å²) >= 11 is 1.28. The van der Waals surface area contributed by atoms with Crippen LogP contribution in [-0.4, -0.2) is 30.9 Å². The van der Waals surface area contributed by atoms with Crippen LogP contribution in [0.3, 0.4) is 0 Å². The van der Waals surface area contributed by atoms with Crippen molar-refractivity contribution >= 4 is 16.3 Å². The van der Waals surface area contributed by atoms with Gasteiger partial charge in [-0.3, -0.25) is 13.9 Å². The van der Waals surface area contributed by atoms with Gasteiger partial charge in [-0.2, -0.15) is 18.3 Å². The maximum Gasteiger partial charge on any atom is 0.435 e. The van der Waals surface area contributed by atoms with Gasteiger partial charge in [0, 0.05) is 35.1 Å². The van der Waals surface area contributed by atoms with Crippen LogP contribution in [0.25, 0.3) is 4.96 Å². The third-order valence-electron chi connectivity index (χ3n) is 5.76. The smallest absolute Gasteiger partial charge is 0.396 e. The van der Waals surface area contributed by atoms with Crippen molar-refractivity contribution in [3.05, 3.63) is 49.9 Å². The highest BCUT2D eigenvalue weighted by atomic mass is 32.1. The zero-order valence-corrected chi connectivity index (χ0v) is 16.7. The molecule has 0 saturated heterocycles. The van der Waals surface area contributed by atoms with Crippen LogP contribution in [0.5, 0.6) is 0 Å². The van der Waals surface area contributed by atoms with E-state index in [-0.39, 0.29) is 35.7 Å². The van der Waals surface area contributed by atoms with Gasteiger partial charge in [-0.05, 0) is 32.1 Å². The van der Waals surface area contributed by atoms with Crippen LogP contribution in [0.15, 0.2) is 10.9 Å². The Morgan fingerprint density at radius 3 is 2.67 bits per heavy atom. The summed E-state index contributed by atoms with van der Waals surface area (Å²) in [6.07, 6.45) is -2.89. The molecule has 30 heavy (non-hydrogen) atoms. The van der Waals surface area contributed by atoms with Gasteiger partial charge in [-0.15, -0.1) is 11.3 Å². The minimum absolute atomic E-state index is 0.0378. The summed E-state index contributed by atoms with van der Waals surface area (Å²) in [4.78, 5) is 18.4. The fraction of sp³-hybridized carbons (Fsp3) is 0.526. The molecule has 3 aromatic rings. The lowest BCUT2D eigenvalue weighted by Crippen LogP contribution is -2.20. The van der Waals surface area contributed by atoms with Crippen molar-refractivity contribution in [3.63, 3.8) is 0 Å². The number of fused-ring (bicyclic) bond motifs is 1. The Kier molecular flexibility index (Phi) is 4.34.